The molecule has 1 aromatic heterocycles. The van der Waals surface area contributed by atoms with Gasteiger partial charge in [-0.3, -0.25) is 0 Å². The zero-order chi connectivity index (χ0) is 29.5. The molecule has 0 spiro atoms. The zero-order valence-corrected chi connectivity index (χ0v) is 23.8. The molecule has 0 saturated carbocycles. The average molecular weight is 561 g/mol. The SMILES string of the molecule is CCCC(/C=C\CCOCC)=Nc1nc(Nc2ccc(C(=O)OC)cc2)nc(Nc2ccc(C(=O)OCC)cc2)n1. The van der Waals surface area contributed by atoms with Gasteiger partial charge in [0, 0.05) is 23.7 Å². The highest BCUT2D eigenvalue weighted by Gasteiger charge is 2.11. The van der Waals surface area contributed by atoms with Crippen LogP contribution in [-0.4, -0.2) is 59.5 Å². The van der Waals surface area contributed by atoms with Crippen molar-refractivity contribution in [2.45, 2.75) is 40.0 Å². The highest BCUT2D eigenvalue weighted by atomic mass is 16.5. The predicted molar refractivity (Wildman–Crippen MR) is 159 cm³/mol. The van der Waals surface area contributed by atoms with E-state index in [0.29, 0.717) is 42.3 Å². The Balaban J connectivity index is 1.91. The van der Waals surface area contributed by atoms with Gasteiger partial charge in [0.25, 0.3) is 5.95 Å². The number of rotatable bonds is 15. The van der Waals surface area contributed by atoms with Crippen molar-refractivity contribution < 1.29 is 23.8 Å². The molecule has 0 fully saturated rings. The number of hydrogen-bond acceptors (Lipinski definition) is 11. The molecule has 216 valence electrons. The highest BCUT2D eigenvalue weighted by molar-refractivity contribution is 5.96. The molecule has 0 unspecified atom stereocenters. The highest BCUT2D eigenvalue weighted by Crippen LogP contribution is 2.21. The van der Waals surface area contributed by atoms with Gasteiger partial charge in [-0.2, -0.15) is 15.0 Å². The zero-order valence-electron chi connectivity index (χ0n) is 23.8. The van der Waals surface area contributed by atoms with Crippen LogP contribution in [0.1, 0.15) is 60.7 Å². The van der Waals surface area contributed by atoms with Crippen LogP contribution < -0.4 is 10.6 Å². The van der Waals surface area contributed by atoms with E-state index in [1.165, 1.54) is 7.11 Å². The minimum absolute atomic E-state index is 0.220. The number of hydrogen-bond donors (Lipinski definition) is 2. The maximum atomic E-state index is 12.0. The molecular weight excluding hydrogens is 524 g/mol. The fourth-order valence-electron chi connectivity index (χ4n) is 3.57. The number of methoxy groups -OCH3 is 1. The monoisotopic (exact) mass is 560 g/mol. The number of ether oxygens (including phenoxy) is 3. The third-order valence-corrected chi connectivity index (χ3v) is 5.53. The van der Waals surface area contributed by atoms with E-state index < -0.39 is 11.9 Å². The lowest BCUT2D eigenvalue weighted by molar-refractivity contribution is 0.0525. The molecule has 0 bridgehead atoms. The van der Waals surface area contributed by atoms with Gasteiger partial charge in [-0.1, -0.05) is 19.4 Å². The van der Waals surface area contributed by atoms with Crippen molar-refractivity contribution in [3.8, 4) is 0 Å². The van der Waals surface area contributed by atoms with Crippen molar-refractivity contribution in [3.63, 3.8) is 0 Å². The van der Waals surface area contributed by atoms with E-state index in [9.17, 15) is 9.59 Å². The molecule has 0 aliphatic rings. The maximum Gasteiger partial charge on any atom is 0.338 e. The van der Waals surface area contributed by atoms with Crippen molar-refractivity contribution >= 4 is 46.9 Å². The molecule has 1 heterocycles. The molecule has 11 heteroatoms. The lowest BCUT2D eigenvalue weighted by atomic mass is 10.2. The summed E-state index contributed by atoms with van der Waals surface area (Å²) in [7, 11) is 1.33. The van der Waals surface area contributed by atoms with E-state index in [-0.39, 0.29) is 17.8 Å². The minimum atomic E-state index is -0.424. The summed E-state index contributed by atoms with van der Waals surface area (Å²) < 4.78 is 15.2. The molecule has 11 nitrogen and oxygen atoms in total. The largest absolute Gasteiger partial charge is 0.465 e. The van der Waals surface area contributed by atoms with Gasteiger partial charge in [-0.25, -0.2) is 14.6 Å². The Morgan fingerprint density at radius 3 is 1.93 bits per heavy atom. The van der Waals surface area contributed by atoms with Gasteiger partial charge in [-0.05, 0) is 81.3 Å². The molecule has 2 aromatic carbocycles. The summed E-state index contributed by atoms with van der Waals surface area (Å²) in [5.41, 5.74) is 3.02. The van der Waals surface area contributed by atoms with E-state index >= 15 is 0 Å². The molecular formula is C30H36N6O5. The summed E-state index contributed by atoms with van der Waals surface area (Å²) >= 11 is 0. The standard InChI is InChI=1S/C30H36N6O5/c1-5-10-23(11-8-9-20-40-6-2)31-28-34-29(32-24-16-12-21(13-17-24)26(37)39-4)36-30(35-28)33-25-18-14-22(15-19-25)27(38)41-7-3/h8,11-19H,5-7,9-10,20H2,1-4H3,(H2,32,33,34,35,36)/b11-8-,31-23?. The fourth-order valence-corrected chi connectivity index (χ4v) is 3.57. The van der Waals surface area contributed by atoms with Crippen molar-refractivity contribution in [3.05, 3.63) is 71.8 Å². The van der Waals surface area contributed by atoms with Gasteiger partial charge in [0.05, 0.1) is 31.5 Å². The van der Waals surface area contributed by atoms with E-state index in [0.717, 1.165) is 25.0 Å². The first kappa shape index (κ1) is 30.9. The first-order valence-electron chi connectivity index (χ1n) is 13.5. The van der Waals surface area contributed by atoms with Gasteiger partial charge < -0.3 is 24.8 Å². The second-order valence-electron chi connectivity index (χ2n) is 8.64. The van der Waals surface area contributed by atoms with Crippen LogP contribution in [0.5, 0.6) is 0 Å². The molecule has 0 amide bonds. The van der Waals surface area contributed by atoms with Gasteiger partial charge >= 0.3 is 11.9 Å². The van der Waals surface area contributed by atoms with Gasteiger partial charge in [-0.15, -0.1) is 0 Å². The second-order valence-corrected chi connectivity index (χ2v) is 8.64. The number of nitrogens with zero attached hydrogens (tertiary/aromatic N) is 4. The number of aromatic nitrogens is 3. The Hall–Kier alpha value is -4.64. The van der Waals surface area contributed by atoms with Crippen LogP contribution in [0.3, 0.4) is 0 Å². The quantitative estimate of drug-likeness (QED) is 0.126. The summed E-state index contributed by atoms with van der Waals surface area (Å²) in [5, 5.41) is 6.30. The summed E-state index contributed by atoms with van der Waals surface area (Å²) in [6, 6.07) is 13.5. The number of aliphatic imine (C=N–C) groups is 1. The van der Waals surface area contributed by atoms with Gasteiger partial charge in [0.1, 0.15) is 0 Å². The van der Waals surface area contributed by atoms with Crippen LogP contribution in [0.25, 0.3) is 0 Å². The van der Waals surface area contributed by atoms with Crippen molar-refractivity contribution in [2.24, 2.45) is 4.99 Å². The summed E-state index contributed by atoms with van der Waals surface area (Å²) in [6.07, 6.45) is 6.41. The van der Waals surface area contributed by atoms with Crippen LogP contribution in [-0.2, 0) is 14.2 Å². The van der Waals surface area contributed by atoms with Crippen LogP contribution in [0, 0.1) is 0 Å². The molecule has 0 radical (unpaired) electrons. The van der Waals surface area contributed by atoms with E-state index in [4.69, 9.17) is 19.2 Å². The first-order chi connectivity index (χ1) is 19.9. The second kappa shape index (κ2) is 16.5. The minimum Gasteiger partial charge on any atom is -0.465 e. The predicted octanol–water partition coefficient (Wildman–Crippen LogP) is 6.18. The third kappa shape index (κ3) is 10.1. The maximum absolute atomic E-state index is 12.0. The van der Waals surface area contributed by atoms with Crippen LogP contribution >= 0.6 is 0 Å². The molecule has 0 aliphatic heterocycles. The molecule has 2 N–H and O–H groups in total. The van der Waals surface area contributed by atoms with Crippen molar-refractivity contribution in [2.75, 3.05) is 37.6 Å². The van der Waals surface area contributed by atoms with Crippen molar-refractivity contribution in [1.82, 2.24) is 15.0 Å². The summed E-state index contributed by atoms with van der Waals surface area (Å²) in [5.74, 6) is -0.0824. The number of carbonyl (C=O) groups is 2. The molecule has 3 rings (SSSR count). The summed E-state index contributed by atoms with van der Waals surface area (Å²) in [4.78, 5) is 42.0. The van der Waals surface area contributed by atoms with Crippen molar-refractivity contribution in [1.29, 1.82) is 0 Å². The molecule has 0 atom stereocenters. The lowest BCUT2D eigenvalue weighted by Crippen LogP contribution is -2.06. The Morgan fingerprint density at radius 1 is 0.829 bits per heavy atom. The van der Waals surface area contributed by atoms with Gasteiger partial charge in [0.2, 0.25) is 11.9 Å². The molecule has 41 heavy (non-hydrogen) atoms. The lowest BCUT2D eigenvalue weighted by Gasteiger charge is -2.10. The Labute approximate surface area is 240 Å². The molecule has 0 saturated heterocycles. The number of nitrogens with one attached hydrogen (secondary N) is 2. The van der Waals surface area contributed by atoms with Gasteiger partial charge in [0.15, 0.2) is 0 Å². The average Bonchev–Trinajstić information content (AvgIpc) is 2.97. The normalized spacial score (nSPS) is 11.4. The van der Waals surface area contributed by atoms with E-state index in [1.807, 2.05) is 19.1 Å². The number of allylic oxidation sites excluding steroid dienone is 1. The number of esters is 2. The number of benzene rings is 2. The third-order valence-electron chi connectivity index (χ3n) is 5.53. The fraction of sp³-hybridized carbons (Fsp3) is 0.333. The van der Waals surface area contributed by atoms with E-state index in [2.05, 4.69) is 32.5 Å². The topological polar surface area (TPSA) is 137 Å². The molecule has 3 aromatic rings. The number of anilines is 4. The smallest absolute Gasteiger partial charge is 0.338 e. The van der Waals surface area contributed by atoms with Crippen LogP contribution in [0.15, 0.2) is 65.7 Å². The van der Waals surface area contributed by atoms with Crippen LogP contribution in [0.4, 0.5) is 29.2 Å². The summed E-state index contributed by atoms with van der Waals surface area (Å²) in [6.45, 7) is 7.43. The Bertz CT molecular complexity index is 1340. The number of carbonyl (C=O) groups excluding carboxylic acids is 2. The van der Waals surface area contributed by atoms with Crippen LogP contribution in [0.2, 0.25) is 0 Å². The molecule has 0 aliphatic carbocycles. The van der Waals surface area contributed by atoms with E-state index in [1.54, 1.807) is 55.5 Å². The Kier molecular flexibility index (Phi) is 12.4. The Morgan fingerprint density at radius 2 is 1.41 bits per heavy atom. The first-order valence-corrected chi connectivity index (χ1v) is 13.5.